The third-order valence-electron chi connectivity index (χ3n) is 7.20. The van der Waals surface area contributed by atoms with Crippen molar-refractivity contribution in [2.45, 2.75) is 81.5 Å². The number of carbonyl (C=O) groups is 1. The Balaban J connectivity index is 1.23. The number of amides is 1. The lowest BCUT2D eigenvalue weighted by molar-refractivity contribution is 0.0897. The lowest BCUT2D eigenvalue weighted by Gasteiger charge is -2.42. The molecule has 0 radical (unpaired) electrons. The third-order valence-corrected chi connectivity index (χ3v) is 9.35. The van der Waals surface area contributed by atoms with Crippen LogP contribution in [-0.2, 0) is 10.2 Å². The maximum Gasteiger partial charge on any atom is 0.282 e. The summed E-state index contributed by atoms with van der Waals surface area (Å²) in [5, 5.41) is 10.3. The van der Waals surface area contributed by atoms with Gasteiger partial charge in [-0.25, -0.2) is 0 Å². The Morgan fingerprint density at radius 1 is 1.17 bits per heavy atom. The van der Waals surface area contributed by atoms with Crippen molar-refractivity contribution >= 4 is 16.1 Å². The van der Waals surface area contributed by atoms with Crippen LogP contribution < -0.4 is 10.6 Å². The number of fused-ring (bicyclic) bond motifs is 2. The molecule has 9 nitrogen and oxygen atoms in total. The standard InChI is InChI=1S/C20H31N5O4S/c1-24(15-6-8-21-9-7-15)30(27,28)25-16-4-5-17(25)11-14(10-16)22-20(26)18-12-19(29-23-18)13-2-3-13/h12-17,21H,2-11H2,1H3,(H,22,26)/t14-,16-,17+. The predicted octanol–water partition coefficient (Wildman–Crippen LogP) is 1.21. The average molecular weight is 438 g/mol. The normalized spacial score (nSPS) is 30.7. The Morgan fingerprint density at radius 2 is 1.83 bits per heavy atom. The molecule has 30 heavy (non-hydrogen) atoms. The van der Waals surface area contributed by atoms with Crippen LogP contribution in [0, 0.1) is 0 Å². The molecule has 0 aromatic carbocycles. The van der Waals surface area contributed by atoms with Crippen molar-refractivity contribution in [3.63, 3.8) is 0 Å². The molecule has 0 spiro atoms. The van der Waals surface area contributed by atoms with E-state index < -0.39 is 10.2 Å². The number of rotatable bonds is 6. The smallest absolute Gasteiger partial charge is 0.282 e. The first-order chi connectivity index (χ1) is 14.4. The number of nitrogens with one attached hydrogen (secondary N) is 2. The molecule has 1 amide bonds. The quantitative estimate of drug-likeness (QED) is 0.693. The molecule has 166 valence electrons. The first kappa shape index (κ1) is 20.4. The molecular weight excluding hydrogens is 406 g/mol. The van der Waals surface area contributed by atoms with Gasteiger partial charge in [-0.15, -0.1) is 0 Å². The highest BCUT2D eigenvalue weighted by atomic mass is 32.2. The molecule has 10 heteroatoms. The van der Waals surface area contributed by atoms with Gasteiger partial charge >= 0.3 is 0 Å². The second kappa shape index (κ2) is 7.89. The van der Waals surface area contributed by atoms with E-state index in [1.54, 1.807) is 21.7 Å². The van der Waals surface area contributed by atoms with Crippen LogP contribution in [0.5, 0.6) is 0 Å². The van der Waals surface area contributed by atoms with Crippen molar-refractivity contribution in [1.29, 1.82) is 0 Å². The van der Waals surface area contributed by atoms with Crippen molar-refractivity contribution in [2.24, 2.45) is 0 Å². The molecule has 3 aliphatic heterocycles. The highest BCUT2D eigenvalue weighted by Crippen LogP contribution is 2.41. The number of hydrogen-bond donors (Lipinski definition) is 2. The molecule has 1 aromatic heterocycles. The van der Waals surface area contributed by atoms with Gasteiger partial charge in [0.25, 0.3) is 16.1 Å². The number of carbonyl (C=O) groups excluding carboxylic acids is 1. The molecule has 4 fully saturated rings. The van der Waals surface area contributed by atoms with E-state index in [1.807, 2.05) is 0 Å². The van der Waals surface area contributed by atoms with Gasteiger partial charge in [-0.05, 0) is 64.5 Å². The Morgan fingerprint density at radius 3 is 2.47 bits per heavy atom. The number of hydrogen-bond acceptors (Lipinski definition) is 6. The van der Waals surface area contributed by atoms with Crippen molar-refractivity contribution in [1.82, 2.24) is 24.4 Å². The highest BCUT2D eigenvalue weighted by Gasteiger charge is 2.49. The summed E-state index contributed by atoms with van der Waals surface area (Å²) in [7, 11) is -1.78. The van der Waals surface area contributed by atoms with Crippen LogP contribution in [0.25, 0.3) is 0 Å². The average Bonchev–Trinajstić information content (AvgIpc) is 3.40. The summed E-state index contributed by atoms with van der Waals surface area (Å²) in [5.41, 5.74) is 0.324. The molecule has 2 N–H and O–H groups in total. The minimum absolute atomic E-state index is 0.0355. The zero-order valence-electron chi connectivity index (χ0n) is 17.4. The summed E-state index contributed by atoms with van der Waals surface area (Å²) in [5.74, 6) is 0.987. The van der Waals surface area contributed by atoms with Gasteiger partial charge in [0.2, 0.25) is 0 Å². The summed E-state index contributed by atoms with van der Waals surface area (Å²) in [6.07, 6.45) is 6.88. The largest absolute Gasteiger partial charge is 0.360 e. The zero-order chi connectivity index (χ0) is 20.9. The number of nitrogens with zero attached hydrogens (tertiary/aromatic N) is 3. The fourth-order valence-electron chi connectivity index (χ4n) is 5.35. The van der Waals surface area contributed by atoms with Gasteiger partial charge in [-0.2, -0.15) is 17.0 Å². The summed E-state index contributed by atoms with van der Waals surface area (Å²) in [6, 6.07) is 1.66. The van der Waals surface area contributed by atoms with Crippen molar-refractivity contribution in [2.75, 3.05) is 20.1 Å². The first-order valence-electron chi connectivity index (χ1n) is 11.2. The van der Waals surface area contributed by atoms with E-state index in [9.17, 15) is 13.2 Å². The van der Waals surface area contributed by atoms with Crippen LogP contribution in [0.3, 0.4) is 0 Å². The molecule has 3 atom stereocenters. The molecule has 3 saturated heterocycles. The molecule has 1 aliphatic carbocycles. The third kappa shape index (κ3) is 3.79. The van der Waals surface area contributed by atoms with Crippen LogP contribution in [0.1, 0.15) is 73.5 Å². The van der Waals surface area contributed by atoms with Crippen LogP contribution in [0.15, 0.2) is 10.6 Å². The molecule has 1 saturated carbocycles. The fourth-order valence-corrected chi connectivity index (χ4v) is 7.37. The molecule has 4 aliphatic rings. The van der Waals surface area contributed by atoms with Gasteiger partial charge in [-0.3, -0.25) is 4.79 Å². The molecule has 2 bridgehead atoms. The van der Waals surface area contributed by atoms with Gasteiger partial charge in [0.15, 0.2) is 5.69 Å². The topological polar surface area (TPSA) is 108 Å². The SMILES string of the molecule is CN(C1CCNCC1)S(=O)(=O)N1[C@@H]2CC[C@H]1C[C@H](NC(=O)c1cc(C3CC3)on1)C2. The minimum atomic E-state index is -3.50. The van der Waals surface area contributed by atoms with Crippen molar-refractivity contribution in [3.8, 4) is 0 Å². The van der Waals surface area contributed by atoms with E-state index in [0.717, 1.165) is 57.4 Å². The van der Waals surface area contributed by atoms with Gasteiger partial charge in [0.1, 0.15) is 5.76 Å². The van der Waals surface area contributed by atoms with Crippen LogP contribution >= 0.6 is 0 Å². The van der Waals surface area contributed by atoms with Crippen LogP contribution in [0.4, 0.5) is 0 Å². The fraction of sp³-hybridized carbons (Fsp3) is 0.800. The summed E-state index contributed by atoms with van der Waals surface area (Å²) < 4.78 is 35.4. The first-order valence-corrected chi connectivity index (χ1v) is 12.6. The molecule has 0 unspecified atom stereocenters. The summed E-state index contributed by atoms with van der Waals surface area (Å²) >= 11 is 0. The summed E-state index contributed by atoms with van der Waals surface area (Å²) in [6.45, 7) is 1.71. The van der Waals surface area contributed by atoms with E-state index in [2.05, 4.69) is 15.8 Å². The maximum atomic E-state index is 13.4. The predicted molar refractivity (Wildman–Crippen MR) is 110 cm³/mol. The maximum absolute atomic E-state index is 13.4. The van der Waals surface area contributed by atoms with Gasteiger partial charge in [0.05, 0.1) is 0 Å². The molecular formula is C20H31N5O4S. The Hall–Kier alpha value is -1.49. The lowest BCUT2D eigenvalue weighted by atomic mass is 9.99. The minimum Gasteiger partial charge on any atom is -0.360 e. The molecule has 4 heterocycles. The Labute approximate surface area is 177 Å². The van der Waals surface area contributed by atoms with E-state index >= 15 is 0 Å². The number of piperidine rings is 2. The second-order valence-corrected chi connectivity index (χ2v) is 11.1. The lowest BCUT2D eigenvalue weighted by Crippen LogP contribution is -2.57. The van der Waals surface area contributed by atoms with Crippen molar-refractivity contribution in [3.05, 3.63) is 17.5 Å². The van der Waals surface area contributed by atoms with Crippen molar-refractivity contribution < 1.29 is 17.7 Å². The highest BCUT2D eigenvalue weighted by molar-refractivity contribution is 7.86. The van der Waals surface area contributed by atoms with E-state index in [4.69, 9.17) is 4.52 Å². The number of aromatic nitrogens is 1. The van der Waals surface area contributed by atoms with Crippen LogP contribution in [-0.4, -0.2) is 72.4 Å². The summed E-state index contributed by atoms with van der Waals surface area (Å²) in [4.78, 5) is 12.6. The van der Waals surface area contributed by atoms with Gasteiger partial charge in [0, 0.05) is 43.2 Å². The van der Waals surface area contributed by atoms with Crippen LogP contribution in [0.2, 0.25) is 0 Å². The van der Waals surface area contributed by atoms with Gasteiger partial charge in [-0.1, -0.05) is 5.16 Å². The van der Waals surface area contributed by atoms with Gasteiger partial charge < -0.3 is 15.2 Å². The second-order valence-electron chi connectivity index (χ2n) is 9.25. The van der Waals surface area contributed by atoms with E-state index in [-0.39, 0.29) is 30.1 Å². The molecule has 5 rings (SSSR count). The Kier molecular flexibility index (Phi) is 5.37. The Bertz CT molecular complexity index is 879. The van der Waals surface area contributed by atoms with E-state index in [1.165, 1.54) is 0 Å². The van der Waals surface area contributed by atoms with E-state index in [0.29, 0.717) is 24.5 Å². The molecule has 1 aromatic rings. The monoisotopic (exact) mass is 437 g/mol. The zero-order valence-corrected chi connectivity index (χ0v) is 18.2.